The Bertz CT molecular complexity index is 303. The average molecular weight is 195 g/mol. The Morgan fingerprint density at radius 3 is 2.57 bits per heavy atom. The van der Waals surface area contributed by atoms with E-state index in [-0.39, 0.29) is 12.0 Å². The number of aliphatic hydroxyl groups excluding tert-OH is 1. The van der Waals surface area contributed by atoms with Crippen LogP contribution in [0.1, 0.15) is 24.7 Å². The van der Waals surface area contributed by atoms with Crippen LogP contribution in [0.4, 0.5) is 0 Å². The first-order chi connectivity index (χ1) is 6.64. The van der Waals surface area contributed by atoms with Crippen LogP contribution in [0.3, 0.4) is 0 Å². The Morgan fingerprint density at radius 2 is 2.07 bits per heavy atom. The van der Waals surface area contributed by atoms with Crippen LogP contribution in [-0.2, 0) is 5.41 Å². The van der Waals surface area contributed by atoms with E-state index in [1.54, 1.807) is 12.4 Å². The van der Waals surface area contributed by atoms with E-state index in [2.05, 4.69) is 9.97 Å². The van der Waals surface area contributed by atoms with Gasteiger partial charge in [0.1, 0.15) is 0 Å². The van der Waals surface area contributed by atoms with Gasteiger partial charge in [-0.3, -0.25) is 9.97 Å². The highest BCUT2D eigenvalue weighted by atomic mass is 16.3. The molecule has 4 nitrogen and oxygen atoms in total. The quantitative estimate of drug-likeness (QED) is 0.728. The lowest BCUT2D eigenvalue weighted by Gasteiger charge is -2.27. The molecular formula is C10H17N3O. The normalized spacial score (nSPS) is 15.1. The van der Waals surface area contributed by atoms with E-state index >= 15 is 0 Å². The lowest BCUT2D eigenvalue weighted by molar-refractivity contribution is 0.244. The molecule has 3 N–H and O–H groups in total. The maximum atomic E-state index is 8.98. The molecule has 0 aliphatic heterocycles. The molecule has 0 spiro atoms. The van der Waals surface area contributed by atoms with Crippen molar-refractivity contribution in [1.82, 2.24) is 9.97 Å². The predicted molar refractivity (Wildman–Crippen MR) is 54.9 cm³/mol. The molecule has 1 rings (SSSR count). The first kappa shape index (κ1) is 11.1. The summed E-state index contributed by atoms with van der Waals surface area (Å²) in [5.41, 5.74) is 7.21. The van der Waals surface area contributed by atoms with Crippen molar-refractivity contribution in [1.29, 1.82) is 0 Å². The van der Waals surface area contributed by atoms with Crippen molar-refractivity contribution in [3.05, 3.63) is 23.8 Å². The highest BCUT2D eigenvalue weighted by molar-refractivity contribution is 5.20. The molecule has 4 heteroatoms. The molecule has 1 aromatic heterocycles. The van der Waals surface area contributed by atoms with Crippen LogP contribution < -0.4 is 5.73 Å². The van der Waals surface area contributed by atoms with Crippen molar-refractivity contribution in [2.24, 2.45) is 5.73 Å². The summed E-state index contributed by atoms with van der Waals surface area (Å²) in [5, 5.41) is 8.98. The Labute approximate surface area is 84.2 Å². The zero-order valence-corrected chi connectivity index (χ0v) is 8.70. The number of hydrogen-bond acceptors (Lipinski definition) is 4. The highest BCUT2D eigenvalue weighted by Gasteiger charge is 2.27. The number of aliphatic hydroxyl groups is 1. The minimum atomic E-state index is -0.271. The van der Waals surface area contributed by atoms with Gasteiger partial charge in [0.2, 0.25) is 0 Å². The van der Waals surface area contributed by atoms with Gasteiger partial charge in [-0.05, 0) is 13.3 Å². The van der Waals surface area contributed by atoms with E-state index in [1.165, 1.54) is 0 Å². The lowest BCUT2D eigenvalue weighted by atomic mass is 9.82. The third-order valence-corrected chi connectivity index (χ3v) is 2.57. The zero-order chi connectivity index (χ0) is 10.6. The van der Waals surface area contributed by atoms with E-state index in [0.29, 0.717) is 13.0 Å². The summed E-state index contributed by atoms with van der Waals surface area (Å²) in [6.07, 6.45) is 3.94. The standard InChI is InChI=1S/C10H17N3O/c1-8-9(13-5-4-12-8)10(2,7-11)3-6-14/h4-5,14H,3,6-7,11H2,1-2H3. The second-order valence-electron chi connectivity index (χ2n) is 3.73. The average Bonchev–Trinajstić information content (AvgIpc) is 2.18. The summed E-state index contributed by atoms with van der Waals surface area (Å²) < 4.78 is 0. The van der Waals surface area contributed by atoms with Gasteiger partial charge in [0.05, 0.1) is 11.4 Å². The van der Waals surface area contributed by atoms with Crippen LogP contribution in [0.2, 0.25) is 0 Å². The van der Waals surface area contributed by atoms with Gasteiger partial charge < -0.3 is 10.8 Å². The van der Waals surface area contributed by atoms with Gasteiger partial charge >= 0.3 is 0 Å². The van der Waals surface area contributed by atoms with Crippen molar-refractivity contribution in [2.45, 2.75) is 25.7 Å². The Morgan fingerprint density at radius 1 is 1.43 bits per heavy atom. The fourth-order valence-electron chi connectivity index (χ4n) is 1.56. The van der Waals surface area contributed by atoms with Crippen molar-refractivity contribution < 1.29 is 5.11 Å². The van der Waals surface area contributed by atoms with Crippen LogP contribution in [0.15, 0.2) is 12.4 Å². The summed E-state index contributed by atoms with van der Waals surface area (Å²) in [6.45, 7) is 4.49. The minimum absolute atomic E-state index is 0.115. The molecule has 0 radical (unpaired) electrons. The summed E-state index contributed by atoms with van der Waals surface area (Å²) in [7, 11) is 0. The zero-order valence-electron chi connectivity index (χ0n) is 8.70. The molecule has 14 heavy (non-hydrogen) atoms. The summed E-state index contributed by atoms with van der Waals surface area (Å²) in [6, 6.07) is 0. The van der Waals surface area contributed by atoms with Gasteiger partial charge in [0.15, 0.2) is 0 Å². The van der Waals surface area contributed by atoms with Gasteiger partial charge in [0, 0.05) is 31.0 Å². The number of hydrogen-bond donors (Lipinski definition) is 2. The molecule has 0 aromatic carbocycles. The molecule has 0 aliphatic carbocycles. The Hall–Kier alpha value is -1.00. The molecule has 1 unspecified atom stereocenters. The van der Waals surface area contributed by atoms with Gasteiger partial charge in [-0.25, -0.2) is 0 Å². The molecule has 0 saturated heterocycles. The van der Waals surface area contributed by atoms with E-state index in [1.807, 2.05) is 13.8 Å². The molecule has 0 aliphatic rings. The van der Waals surface area contributed by atoms with Gasteiger partial charge in [0.25, 0.3) is 0 Å². The van der Waals surface area contributed by atoms with E-state index < -0.39 is 0 Å². The minimum Gasteiger partial charge on any atom is -0.396 e. The van der Waals surface area contributed by atoms with Crippen molar-refractivity contribution in [2.75, 3.05) is 13.2 Å². The van der Waals surface area contributed by atoms with E-state index in [9.17, 15) is 0 Å². The summed E-state index contributed by atoms with van der Waals surface area (Å²) in [4.78, 5) is 8.46. The van der Waals surface area contributed by atoms with Crippen molar-refractivity contribution in [3.8, 4) is 0 Å². The molecule has 0 saturated carbocycles. The first-order valence-corrected chi connectivity index (χ1v) is 4.73. The number of rotatable bonds is 4. The monoisotopic (exact) mass is 195 g/mol. The molecular weight excluding hydrogens is 178 g/mol. The van der Waals surface area contributed by atoms with E-state index in [4.69, 9.17) is 10.8 Å². The number of aryl methyl sites for hydroxylation is 1. The summed E-state index contributed by atoms with van der Waals surface area (Å²) >= 11 is 0. The largest absolute Gasteiger partial charge is 0.396 e. The lowest BCUT2D eigenvalue weighted by Crippen LogP contribution is -2.34. The molecule has 0 amide bonds. The van der Waals surface area contributed by atoms with Gasteiger partial charge in [-0.15, -0.1) is 0 Å². The van der Waals surface area contributed by atoms with Crippen LogP contribution >= 0.6 is 0 Å². The second-order valence-corrected chi connectivity index (χ2v) is 3.73. The Kier molecular flexibility index (Phi) is 3.55. The maximum Gasteiger partial charge on any atom is 0.0688 e. The highest BCUT2D eigenvalue weighted by Crippen LogP contribution is 2.25. The predicted octanol–water partition coefficient (Wildman–Crippen LogP) is 0.384. The molecule has 1 heterocycles. The fraction of sp³-hybridized carbons (Fsp3) is 0.600. The second kappa shape index (κ2) is 4.48. The topological polar surface area (TPSA) is 72.0 Å². The third kappa shape index (κ3) is 2.08. The molecule has 1 atom stereocenters. The summed E-state index contributed by atoms with van der Waals surface area (Å²) in [5.74, 6) is 0. The number of nitrogens with zero attached hydrogens (tertiary/aromatic N) is 2. The molecule has 78 valence electrons. The molecule has 1 aromatic rings. The Balaban J connectivity index is 3.05. The van der Waals surface area contributed by atoms with Crippen LogP contribution in [-0.4, -0.2) is 28.2 Å². The van der Waals surface area contributed by atoms with Crippen LogP contribution in [0.5, 0.6) is 0 Å². The molecule has 0 fully saturated rings. The first-order valence-electron chi connectivity index (χ1n) is 4.73. The number of nitrogens with two attached hydrogens (primary N) is 1. The smallest absolute Gasteiger partial charge is 0.0688 e. The van der Waals surface area contributed by atoms with Crippen LogP contribution in [0, 0.1) is 6.92 Å². The van der Waals surface area contributed by atoms with Gasteiger partial charge in [-0.1, -0.05) is 6.92 Å². The SMILES string of the molecule is Cc1nccnc1C(C)(CN)CCO. The fourth-order valence-corrected chi connectivity index (χ4v) is 1.56. The van der Waals surface area contributed by atoms with Crippen LogP contribution in [0.25, 0.3) is 0 Å². The van der Waals surface area contributed by atoms with E-state index in [0.717, 1.165) is 11.4 Å². The molecule has 0 bridgehead atoms. The van der Waals surface area contributed by atoms with Crippen molar-refractivity contribution >= 4 is 0 Å². The number of aromatic nitrogens is 2. The van der Waals surface area contributed by atoms with Crippen molar-refractivity contribution in [3.63, 3.8) is 0 Å². The third-order valence-electron chi connectivity index (χ3n) is 2.57. The maximum absolute atomic E-state index is 8.98. The van der Waals surface area contributed by atoms with Gasteiger partial charge in [-0.2, -0.15) is 0 Å².